The molecule has 0 fully saturated rings. The highest BCUT2D eigenvalue weighted by Crippen LogP contribution is 2.30. The van der Waals surface area contributed by atoms with Crippen LogP contribution in [-0.2, 0) is 13.0 Å². The van der Waals surface area contributed by atoms with E-state index in [0.717, 1.165) is 18.9 Å². The lowest BCUT2D eigenvalue weighted by Gasteiger charge is -2.14. The first-order valence-corrected chi connectivity index (χ1v) is 6.49. The van der Waals surface area contributed by atoms with Gasteiger partial charge in [-0.15, -0.1) is 0 Å². The highest BCUT2D eigenvalue weighted by atomic mass is 19.1. The highest BCUT2D eigenvalue weighted by Gasteiger charge is 2.21. The van der Waals surface area contributed by atoms with E-state index in [1.165, 1.54) is 23.3 Å². The molecule has 0 heterocycles. The van der Waals surface area contributed by atoms with Gasteiger partial charge in [0.2, 0.25) is 0 Å². The van der Waals surface area contributed by atoms with Crippen molar-refractivity contribution in [2.24, 2.45) is 0 Å². The molecule has 1 atom stereocenters. The molecule has 0 amide bonds. The molecule has 1 nitrogen and oxygen atoms in total. The lowest BCUT2D eigenvalue weighted by molar-refractivity contribution is 0.508. The van der Waals surface area contributed by atoms with E-state index < -0.39 is 11.6 Å². The Kier molecular flexibility index (Phi) is 3.30. The molecule has 0 aromatic heterocycles. The first kappa shape index (κ1) is 12.3. The second-order valence-corrected chi connectivity index (χ2v) is 4.91. The molecule has 3 heteroatoms. The Bertz CT molecular complexity index is 595. The molecule has 3 rings (SSSR count). The van der Waals surface area contributed by atoms with Crippen molar-refractivity contribution in [1.82, 2.24) is 5.32 Å². The summed E-state index contributed by atoms with van der Waals surface area (Å²) in [6.07, 6.45) is 2.09. The van der Waals surface area contributed by atoms with Gasteiger partial charge in [-0.05, 0) is 30.0 Å². The Morgan fingerprint density at radius 3 is 2.79 bits per heavy atom. The summed E-state index contributed by atoms with van der Waals surface area (Å²) in [6, 6.07) is 12.3. The standard InChI is InChI=1S/C16H15F2N/c17-13-7-5-12(15(18)9-13)10-19-16-8-6-11-3-1-2-4-14(11)16/h1-5,7,9,16,19H,6,8,10H2. The first-order valence-electron chi connectivity index (χ1n) is 6.49. The van der Waals surface area contributed by atoms with Crippen LogP contribution in [0.1, 0.15) is 29.2 Å². The average Bonchev–Trinajstić information content (AvgIpc) is 2.81. The Balaban J connectivity index is 1.71. The van der Waals surface area contributed by atoms with Gasteiger partial charge >= 0.3 is 0 Å². The van der Waals surface area contributed by atoms with Crippen LogP contribution < -0.4 is 5.32 Å². The Morgan fingerprint density at radius 2 is 1.95 bits per heavy atom. The minimum absolute atomic E-state index is 0.264. The second-order valence-electron chi connectivity index (χ2n) is 4.91. The van der Waals surface area contributed by atoms with Crippen molar-refractivity contribution >= 4 is 0 Å². The predicted octanol–water partition coefficient (Wildman–Crippen LogP) is 3.74. The van der Waals surface area contributed by atoms with E-state index in [1.807, 2.05) is 12.1 Å². The van der Waals surface area contributed by atoms with Crippen LogP contribution in [0.2, 0.25) is 0 Å². The summed E-state index contributed by atoms with van der Waals surface area (Å²) in [5.74, 6) is -1.02. The molecule has 1 aliphatic carbocycles. The van der Waals surface area contributed by atoms with Crippen molar-refractivity contribution in [3.63, 3.8) is 0 Å². The topological polar surface area (TPSA) is 12.0 Å². The maximum atomic E-state index is 13.5. The van der Waals surface area contributed by atoms with Gasteiger partial charge in [-0.25, -0.2) is 8.78 Å². The quantitative estimate of drug-likeness (QED) is 0.885. The van der Waals surface area contributed by atoms with Gasteiger partial charge in [0.15, 0.2) is 0 Å². The van der Waals surface area contributed by atoms with Crippen LogP contribution in [0.5, 0.6) is 0 Å². The van der Waals surface area contributed by atoms with Crippen LogP contribution in [0.15, 0.2) is 42.5 Å². The van der Waals surface area contributed by atoms with Gasteiger partial charge in [0.05, 0.1) is 0 Å². The summed E-state index contributed by atoms with van der Waals surface area (Å²) in [6.45, 7) is 0.422. The molecular formula is C16H15F2N. The monoisotopic (exact) mass is 259 g/mol. The second kappa shape index (κ2) is 5.10. The van der Waals surface area contributed by atoms with Crippen LogP contribution in [0.4, 0.5) is 8.78 Å². The van der Waals surface area contributed by atoms with E-state index in [2.05, 4.69) is 17.4 Å². The molecule has 0 aliphatic heterocycles. The maximum absolute atomic E-state index is 13.5. The predicted molar refractivity (Wildman–Crippen MR) is 70.7 cm³/mol. The summed E-state index contributed by atoms with van der Waals surface area (Å²) >= 11 is 0. The number of fused-ring (bicyclic) bond motifs is 1. The number of benzene rings is 2. The highest BCUT2D eigenvalue weighted by molar-refractivity contribution is 5.34. The van der Waals surface area contributed by atoms with Crippen LogP contribution in [0.3, 0.4) is 0 Å². The van der Waals surface area contributed by atoms with E-state index in [0.29, 0.717) is 12.1 Å². The molecule has 0 radical (unpaired) electrons. The Morgan fingerprint density at radius 1 is 1.11 bits per heavy atom. The molecule has 19 heavy (non-hydrogen) atoms. The minimum atomic E-state index is -0.535. The molecule has 0 bridgehead atoms. The molecular weight excluding hydrogens is 244 g/mol. The van der Waals surface area contributed by atoms with Crippen LogP contribution in [0.25, 0.3) is 0 Å². The fraction of sp³-hybridized carbons (Fsp3) is 0.250. The molecule has 0 saturated heterocycles. The van der Waals surface area contributed by atoms with Crippen LogP contribution >= 0.6 is 0 Å². The van der Waals surface area contributed by atoms with Crippen molar-refractivity contribution in [1.29, 1.82) is 0 Å². The molecule has 98 valence electrons. The maximum Gasteiger partial charge on any atom is 0.130 e. The third-order valence-electron chi connectivity index (χ3n) is 3.69. The van der Waals surface area contributed by atoms with Gasteiger partial charge in [0, 0.05) is 24.2 Å². The van der Waals surface area contributed by atoms with E-state index >= 15 is 0 Å². The van der Waals surface area contributed by atoms with E-state index in [4.69, 9.17) is 0 Å². The third kappa shape index (κ3) is 2.51. The van der Waals surface area contributed by atoms with Crippen molar-refractivity contribution < 1.29 is 8.78 Å². The fourth-order valence-corrected chi connectivity index (χ4v) is 2.67. The molecule has 0 saturated carbocycles. The third-order valence-corrected chi connectivity index (χ3v) is 3.69. The first-order chi connectivity index (χ1) is 9.24. The number of rotatable bonds is 3. The lowest BCUT2D eigenvalue weighted by Crippen LogP contribution is -2.19. The van der Waals surface area contributed by atoms with Gasteiger partial charge < -0.3 is 5.32 Å². The normalized spacial score (nSPS) is 17.5. The van der Waals surface area contributed by atoms with Crippen molar-refractivity contribution in [3.8, 4) is 0 Å². The van der Waals surface area contributed by atoms with Crippen molar-refractivity contribution in [2.45, 2.75) is 25.4 Å². The van der Waals surface area contributed by atoms with Gasteiger partial charge in [-0.1, -0.05) is 30.3 Å². The average molecular weight is 259 g/mol. The van der Waals surface area contributed by atoms with Gasteiger partial charge in [0.25, 0.3) is 0 Å². The fourth-order valence-electron chi connectivity index (χ4n) is 2.67. The number of hydrogen-bond acceptors (Lipinski definition) is 1. The lowest BCUT2D eigenvalue weighted by atomic mass is 10.1. The summed E-state index contributed by atoms with van der Waals surface area (Å²) in [5, 5.41) is 3.35. The minimum Gasteiger partial charge on any atom is -0.306 e. The van der Waals surface area contributed by atoms with Gasteiger partial charge in [-0.2, -0.15) is 0 Å². The van der Waals surface area contributed by atoms with Crippen molar-refractivity contribution in [3.05, 3.63) is 70.8 Å². The van der Waals surface area contributed by atoms with E-state index in [9.17, 15) is 8.78 Å². The largest absolute Gasteiger partial charge is 0.306 e. The summed E-state index contributed by atoms with van der Waals surface area (Å²) in [4.78, 5) is 0. The molecule has 1 aliphatic rings. The molecule has 0 spiro atoms. The summed E-state index contributed by atoms with van der Waals surface area (Å²) in [5.41, 5.74) is 3.16. The molecule has 2 aromatic carbocycles. The molecule has 2 aromatic rings. The van der Waals surface area contributed by atoms with Gasteiger partial charge in [-0.3, -0.25) is 0 Å². The molecule has 1 N–H and O–H groups in total. The number of halogens is 2. The number of nitrogens with one attached hydrogen (secondary N) is 1. The van der Waals surface area contributed by atoms with E-state index in [-0.39, 0.29) is 6.04 Å². The SMILES string of the molecule is Fc1ccc(CNC2CCc3ccccc32)c(F)c1. The summed E-state index contributed by atoms with van der Waals surface area (Å²) < 4.78 is 26.4. The van der Waals surface area contributed by atoms with E-state index in [1.54, 1.807) is 0 Å². The summed E-state index contributed by atoms with van der Waals surface area (Å²) in [7, 11) is 0. The smallest absolute Gasteiger partial charge is 0.130 e. The zero-order valence-electron chi connectivity index (χ0n) is 10.5. The number of aryl methyl sites for hydroxylation is 1. The van der Waals surface area contributed by atoms with Gasteiger partial charge in [0.1, 0.15) is 11.6 Å². The zero-order chi connectivity index (χ0) is 13.2. The Labute approximate surface area is 111 Å². The zero-order valence-corrected chi connectivity index (χ0v) is 10.5. The van der Waals surface area contributed by atoms with Crippen molar-refractivity contribution in [2.75, 3.05) is 0 Å². The Hall–Kier alpha value is -1.74. The van der Waals surface area contributed by atoms with Crippen LogP contribution in [-0.4, -0.2) is 0 Å². The number of hydrogen-bond donors (Lipinski definition) is 1. The van der Waals surface area contributed by atoms with Crippen LogP contribution in [0, 0.1) is 11.6 Å². The molecule has 1 unspecified atom stereocenters.